The Kier molecular flexibility index (Phi) is 5.84. The van der Waals surface area contributed by atoms with Crippen LogP contribution in [0.5, 0.6) is 11.5 Å². The van der Waals surface area contributed by atoms with Gasteiger partial charge >= 0.3 is 5.97 Å². The number of rotatable bonds is 5. The molecular weight excluding hydrogens is 341 g/mol. The molecule has 0 atom stereocenters. The van der Waals surface area contributed by atoms with E-state index in [9.17, 15) is 9.59 Å². The Hall–Kier alpha value is -2.24. The number of benzene rings is 2. The zero-order valence-corrected chi connectivity index (χ0v) is 13.6. The van der Waals surface area contributed by atoms with Gasteiger partial charge in [0.15, 0.2) is 6.61 Å². The van der Waals surface area contributed by atoms with Crippen LogP contribution in [-0.4, -0.2) is 18.5 Å². The average Bonchev–Trinajstić information content (AvgIpc) is 2.50. The molecule has 7 heteroatoms. The molecule has 0 unspecified atom stereocenters. The molecule has 0 radical (unpaired) electrons. The maximum absolute atomic E-state index is 11.7. The number of esters is 1. The summed E-state index contributed by atoms with van der Waals surface area (Å²) in [5.41, 5.74) is 0.615. The summed E-state index contributed by atoms with van der Waals surface area (Å²) in [6.45, 7) is 1.14. The first-order valence-electron chi connectivity index (χ1n) is 6.60. The minimum atomic E-state index is -0.566. The quantitative estimate of drug-likeness (QED) is 0.653. The number of halogens is 2. The number of nitrogens with one attached hydrogen (secondary N) is 1. The van der Waals surface area contributed by atoms with Gasteiger partial charge in [-0.2, -0.15) is 0 Å². The third-order valence-electron chi connectivity index (χ3n) is 2.65. The molecule has 0 aliphatic heterocycles. The first kappa shape index (κ1) is 17.1. The largest absolute Gasteiger partial charge is 0.482 e. The Morgan fingerprint density at radius 2 is 1.65 bits per heavy atom. The molecule has 2 aromatic rings. The summed E-state index contributed by atoms with van der Waals surface area (Å²) in [4.78, 5) is 22.6. The van der Waals surface area contributed by atoms with Crippen molar-refractivity contribution in [2.75, 3.05) is 11.9 Å². The van der Waals surface area contributed by atoms with Crippen molar-refractivity contribution in [3.63, 3.8) is 0 Å². The van der Waals surface area contributed by atoms with Gasteiger partial charge in [-0.05, 0) is 36.4 Å². The van der Waals surface area contributed by atoms with Crippen LogP contribution in [0.25, 0.3) is 0 Å². The third kappa shape index (κ3) is 5.47. The van der Waals surface area contributed by atoms with Crippen molar-refractivity contribution in [3.05, 3.63) is 52.5 Å². The SMILES string of the molecule is CC(=O)Nc1ccc(OC(=O)COc2ccc(Cl)c(Cl)c2)cc1. The van der Waals surface area contributed by atoms with Gasteiger partial charge in [0.05, 0.1) is 10.0 Å². The van der Waals surface area contributed by atoms with Crippen molar-refractivity contribution < 1.29 is 19.1 Å². The van der Waals surface area contributed by atoms with E-state index >= 15 is 0 Å². The summed E-state index contributed by atoms with van der Waals surface area (Å²) in [5.74, 6) is 0.0207. The van der Waals surface area contributed by atoms with E-state index in [2.05, 4.69) is 5.32 Å². The molecule has 2 aromatic carbocycles. The number of hydrogen-bond acceptors (Lipinski definition) is 4. The highest BCUT2D eigenvalue weighted by Crippen LogP contribution is 2.26. The van der Waals surface area contributed by atoms with Gasteiger partial charge < -0.3 is 14.8 Å². The highest BCUT2D eigenvalue weighted by Gasteiger charge is 2.08. The fraction of sp³-hybridized carbons (Fsp3) is 0.125. The zero-order chi connectivity index (χ0) is 16.8. The topological polar surface area (TPSA) is 64.6 Å². The molecule has 5 nitrogen and oxygen atoms in total. The lowest BCUT2D eigenvalue weighted by Gasteiger charge is -2.08. The van der Waals surface area contributed by atoms with Gasteiger partial charge in [-0.25, -0.2) is 4.79 Å². The number of amides is 1. The lowest BCUT2D eigenvalue weighted by molar-refractivity contribution is -0.136. The Labute approximate surface area is 143 Å². The summed E-state index contributed by atoms with van der Waals surface area (Å²) >= 11 is 11.6. The molecule has 0 aliphatic carbocycles. The molecule has 0 aromatic heterocycles. The Bertz CT molecular complexity index is 717. The van der Waals surface area contributed by atoms with Crippen molar-refractivity contribution in [2.45, 2.75) is 6.92 Å². The monoisotopic (exact) mass is 353 g/mol. The predicted octanol–water partition coefficient (Wildman–Crippen LogP) is 3.94. The molecule has 23 heavy (non-hydrogen) atoms. The number of hydrogen-bond donors (Lipinski definition) is 1. The van der Waals surface area contributed by atoms with Crippen molar-refractivity contribution in [1.29, 1.82) is 0 Å². The molecule has 2 rings (SSSR count). The minimum absolute atomic E-state index is 0.176. The van der Waals surface area contributed by atoms with Crippen LogP contribution in [0.4, 0.5) is 5.69 Å². The summed E-state index contributed by atoms with van der Waals surface area (Å²) in [7, 11) is 0. The summed E-state index contributed by atoms with van der Waals surface area (Å²) < 4.78 is 10.4. The molecule has 0 heterocycles. The first-order valence-corrected chi connectivity index (χ1v) is 7.36. The molecular formula is C16H13Cl2NO4. The lowest BCUT2D eigenvalue weighted by atomic mass is 10.3. The molecule has 1 N–H and O–H groups in total. The zero-order valence-electron chi connectivity index (χ0n) is 12.1. The molecule has 0 bridgehead atoms. The molecule has 1 amide bonds. The molecule has 0 aliphatic rings. The predicted molar refractivity (Wildman–Crippen MR) is 88.3 cm³/mol. The summed E-state index contributed by atoms with van der Waals surface area (Å²) in [6, 6.07) is 11.1. The summed E-state index contributed by atoms with van der Waals surface area (Å²) in [5, 5.41) is 3.36. The number of anilines is 1. The van der Waals surface area contributed by atoms with E-state index in [0.29, 0.717) is 27.2 Å². The Morgan fingerprint density at radius 1 is 1.00 bits per heavy atom. The van der Waals surface area contributed by atoms with E-state index in [4.69, 9.17) is 32.7 Å². The fourth-order valence-electron chi connectivity index (χ4n) is 1.68. The maximum Gasteiger partial charge on any atom is 0.349 e. The van der Waals surface area contributed by atoms with Crippen LogP contribution >= 0.6 is 23.2 Å². The van der Waals surface area contributed by atoms with Crippen molar-refractivity contribution in [3.8, 4) is 11.5 Å². The van der Waals surface area contributed by atoms with E-state index in [1.54, 1.807) is 36.4 Å². The second kappa shape index (κ2) is 7.85. The molecule has 0 saturated heterocycles. The van der Waals surface area contributed by atoms with E-state index in [1.807, 2.05) is 0 Å². The van der Waals surface area contributed by atoms with Crippen molar-refractivity contribution in [1.82, 2.24) is 0 Å². The lowest BCUT2D eigenvalue weighted by Crippen LogP contribution is -2.17. The van der Waals surface area contributed by atoms with Crippen LogP contribution in [0.2, 0.25) is 10.0 Å². The Morgan fingerprint density at radius 3 is 2.26 bits per heavy atom. The highest BCUT2D eigenvalue weighted by molar-refractivity contribution is 6.42. The first-order chi connectivity index (χ1) is 10.9. The van der Waals surface area contributed by atoms with Crippen LogP contribution in [0, 0.1) is 0 Å². The number of carbonyl (C=O) groups is 2. The highest BCUT2D eigenvalue weighted by atomic mass is 35.5. The van der Waals surface area contributed by atoms with E-state index < -0.39 is 5.97 Å². The number of carbonyl (C=O) groups excluding carboxylic acids is 2. The van der Waals surface area contributed by atoms with Gasteiger partial charge in [-0.1, -0.05) is 23.2 Å². The van der Waals surface area contributed by atoms with Crippen molar-refractivity contribution >= 4 is 40.8 Å². The Balaban J connectivity index is 1.86. The molecule has 120 valence electrons. The smallest absolute Gasteiger partial charge is 0.349 e. The molecule has 0 spiro atoms. The van der Waals surface area contributed by atoms with E-state index in [-0.39, 0.29) is 12.5 Å². The van der Waals surface area contributed by atoms with Gasteiger partial charge in [0.2, 0.25) is 5.91 Å². The van der Waals surface area contributed by atoms with Gasteiger partial charge in [0.1, 0.15) is 11.5 Å². The van der Waals surface area contributed by atoms with Crippen LogP contribution in [-0.2, 0) is 9.59 Å². The van der Waals surface area contributed by atoms with Crippen molar-refractivity contribution in [2.24, 2.45) is 0 Å². The molecule has 0 saturated carbocycles. The van der Waals surface area contributed by atoms with Crippen LogP contribution < -0.4 is 14.8 Å². The van der Waals surface area contributed by atoms with Crippen LogP contribution in [0.3, 0.4) is 0 Å². The second-order valence-corrected chi connectivity index (χ2v) is 5.36. The van der Waals surface area contributed by atoms with E-state index in [1.165, 1.54) is 13.0 Å². The normalized spacial score (nSPS) is 10.0. The fourth-order valence-corrected chi connectivity index (χ4v) is 1.97. The van der Waals surface area contributed by atoms with Gasteiger partial charge in [0, 0.05) is 18.7 Å². The molecule has 0 fully saturated rings. The van der Waals surface area contributed by atoms with Gasteiger partial charge in [0.25, 0.3) is 0 Å². The van der Waals surface area contributed by atoms with E-state index in [0.717, 1.165) is 0 Å². The summed E-state index contributed by atoms with van der Waals surface area (Å²) in [6.07, 6.45) is 0. The van der Waals surface area contributed by atoms with Crippen LogP contribution in [0.15, 0.2) is 42.5 Å². The standard InChI is InChI=1S/C16H13Cl2NO4/c1-10(20)19-11-2-4-12(5-3-11)23-16(21)9-22-13-6-7-14(17)15(18)8-13/h2-8H,9H2,1H3,(H,19,20). The van der Waals surface area contributed by atoms with Gasteiger partial charge in [-0.15, -0.1) is 0 Å². The van der Waals surface area contributed by atoms with Crippen LogP contribution in [0.1, 0.15) is 6.92 Å². The third-order valence-corrected chi connectivity index (χ3v) is 3.39. The number of ether oxygens (including phenoxy) is 2. The minimum Gasteiger partial charge on any atom is -0.482 e. The maximum atomic E-state index is 11.7. The average molecular weight is 354 g/mol. The second-order valence-electron chi connectivity index (χ2n) is 4.54. The van der Waals surface area contributed by atoms with Gasteiger partial charge in [-0.3, -0.25) is 4.79 Å².